The van der Waals surface area contributed by atoms with Gasteiger partial charge in [0.05, 0.1) is 44.7 Å². The van der Waals surface area contributed by atoms with Crippen molar-refractivity contribution in [2.45, 2.75) is 13.8 Å². The van der Waals surface area contributed by atoms with E-state index in [0.29, 0.717) is 50.3 Å². The molecule has 0 bridgehead atoms. The number of anilines is 7. The Hall–Kier alpha value is -7.15. The number of aryl methyl sites for hydroxylation is 2. The normalized spacial score (nSPS) is 10.1. The lowest BCUT2D eigenvalue weighted by molar-refractivity contribution is -0.385. The number of carbonyl (C=O) groups is 2. The largest absolute Gasteiger partial charge is 0.399 e. The summed E-state index contributed by atoms with van der Waals surface area (Å²) in [6.45, 7) is 3.52. The third kappa shape index (κ3) is 12.9. The number of nitro benzene ring substituents is 2. The number of nitro groups is 2. The highest BCUT2D eigenvalue weighted by atomic mass is 35.5. The van der Waals surface area contributed by atoms with Crippen molar-refractivity contribution in [2.24, 2.45) is 0 Å². The second-order valence-corrected chi connectivity index (χ2v) is 13.2. The SMILES string of the molecule is CNC(=O)c1ccccc1Nc1nc(Cl)ncc1Cl.CNC(=O)c1ccccc1Nc1nc(Nc2cc(C)cc([N+](=O)[O-])c2)ncc1Cl.Cc1cc(N)cc([N+](=O)[O-])c1. The molecule has 59 heavy (non-hydrogen) atoms. The molecule has 2 amide bonds. The average molecular weight is 862 g/mol. The van der Waals surface area contributed by atoms with Gasteiger partial charge in [-0.2, -0.15) is 9.97 Å². The number of halogens is 3. The van der Waals surface area contributed by atoms with Gasteiger partial charge in [0.2, 0.25) is 11.2 Å². The van der Waals surface area contributed by atoms with Crippen LogP contribution in [-0.4, -0.2) is 55.7 Å². The monoisotopic (exact) mass is 860 g/mol. The van der Waals surface area contributed by atoms with Gasteiger partial charge in [-0.05, 0) is 73.0 Å². The topological polar surface area (TPSA) is 258 Å². The third-order valence-electron chi connectivity index (χ3n) is 7.59. The number of non-ortho nitro benzene ring substituents is 2. The van der Waals surface area contributed by atoms with Crippen molar-refractivity contribution in [1.29, 1.82) is 0 Å². The molecule has 0 unspecified atom stereocenters. The van der Waals surface area contributed by atoms with Crippen LogP contribution in [0.3, 0.4) is 0 Å². The summed E-state index contributed by atoms with van der Waals surface area (Å²) in [7, 11) is 3.10. The summed E-state index contributed by atoms with van der Waals surface area (Å²) >= 11 is 17.9. The van der Waals surface area contributed by atoms with E-state index in [1.807, 2.05) is 0 Å². The van der Waals surface area contributed by atoms with Gasteiger partial charge in [-0.1, -0.05) is 47.5 Å². The molecule has 0 fully saturated rings. The molecule has 0 saturated heterocycles. The summed E-state index contributed by atoms with van der Waals surface area (Å²) in [5.41, 5.74) is 9.82. The molecule has 0 aliphatic carbocycles. The number of hydrogen-bond acceptors (Lipinski definition) is 14. The van der Waals surface area contributed by atoms with Gasteiger partial charge < -0.3 is 32.3 Å². The maximum atomic E-state index is 12.1. The van der Waals surface area contributed by atoms with Crippen molar-refractivity contribution < 1.29 is 19.4 Å². The minimum atomic E-state index is -0.469. The van der Waals surface area contributed by atoms with Crippen LogP contribution in [0, 0.1) is 34.1 Å². The van der Waals surface area contributed by atoms with Gasteiger partial charge in [-0.25, -0.2) is 9.97 Å². The predicted molar refractivity (Wildman–Crippen MR) is 229 cm³/mol. The molecule has 7 N–H and O–H groups in total. The molecule has 6 aromatic rings. The van der Waals surface area contributed by atoms with Crippen LogP contribution in [0.1, 0.15) is 31.8 Å². The van der Waals surface area contributed by atoms with Crippen molar-refractivity contribution in [3.8, 4) is 0 Å². The van der Waals surface area contributed by atoms with Crippen molar-refractivity contribution in [3.05, 3.63) is 155 Å². The average Bonchev–Trinajstić information content (AvgIpc) is 3.20. The Kier molecular flexibility index (Phi) is 15.7. The number of nitrogen functional groups attached to an aromatic ring is 1. The molecule has 21 heteroatoms. The van der Waals surface area contributed by atoms with Gasteiger partial charge in [0, 0.05) is 49.7 Å². The number of carbonyl (C=O) groups excluding carboxylic acids is 2. The molecule has 0 radical (unpaired) electrons. The Morgan fingerprint density at radius 3 is 1.63 bits per heavy atom. The summed E-state index contributed by atoms with van der Waals surface area (Å²) in [6.07, 6.45) is 2.79. The lowest BCUT2D eigenvalue weighted by Gasteiger charge is -2.13. The predicted octanol–water partition coefficient (Wildman–Crippen LogP) is 8.57. The lowest BCUT2D eigenvalue weighted by atomic mass is 10.1. The molecule has 0 atom stereocenters. The van der Waals surface area contributed by atoms with Gasteiger partial charge in [-0.15, -0.1) is 0 Å². The lowest BCUT2D eigenvalue weighted by Crippen LogP contribution is -2.19. The van der Waals surface area contributed by atoms with Gasteiger partial charge in [0.25, 0.3) is 23.2 Å². The first-order valence-corrected chi connectivity index (χ1v) is 18.1. The summed E-state index contributed by atoms with van der Waals surface area (Å²) in [6, 6.07) is 23.0. The number of aromatic nitrogens is 4. The molecule has 0 aliphatic heterocycles. The van der Waals surface area contributed by atoms with Crippen LogP contribution >= 0.6 is 34.8 Å². The van der Waals surface area contributed by atoms with Crippen LogP contribution in [-0.2, 0) is 0 Å². The molecule has 18 nitrogen and oxygen atoms in total. The van der Waals surface area contributed by atoms with E-state index in [0.717, 1.165) is 5.56 Å². The highest BCUT2D eigenvalue weighted by Crippen LogP contribution is 2.29. The van der Waals surface area contributed by atoms with E-state index in [9.17, 15) is 29.8 Å². The number of benzene rings is 4. The van der Waals surface area contributed by atoms with Crippen molar-refractivity contribution >= 4 is 98.3 Å². The van der Waals surface area contributed by atoms with E-state index >= 15 is 0 Å². The Labute approximate surface area is 351 Å². The number of para-hydroxylation sites is 2. The van der Waals surface area contributed by atoms with E-state index in [1.165, 1.54) is 36.7 Å². The van der Waals surface area contributed by atoms with Crippen molar-refractivity contribution in [1.82, 2.24) is 30.6 Å². The number of nitrogens with zero attached hydrogens (tertiary/aromatic N) is 6. The zero-order valence-electron chi connectivity index (χ0n) is 31.6. The van der Waals surface area contributed by atoms with Crippen LogP contribution in [0.15, 0.2) is 97.3 Å². The van der Waals surface area contributed by atoms with Crippen LogP contribution in [0.25, 0.3) is 0 Å². The van der Waals surface area contributed by atoms with Crippen LogP contribution in [0.2, 0.25) is 15.3 Å². The third-order valence-corrected chi connectivity index (χ3v) is 8.32. The standard InChI is InChI=1S/C19H17ClN6O3.C12H10Cl2N4O.C7H8N2O2/c1-11-7-12(9-13(8-11)26(28)29)23-19-22-10-15(20)17(25-19)24-16-6-4-3-5-14(16)18(27)21-2;1-15-11(19)7-4-2-3-5-9(7)17-10-8(13)6-16-12(14)18-10;1-5-2-6(8)4-7(3-5)9(10)11/h3-10H,1-2H3,(H,21,27)(H2,22,23,24,25);2-6H,1H3,(H,15,19)(H,16,17,18);2-4H,8H2,1H3. The molecule has 6 rings (SSSR count). The fourth-order valence-electron chi connectivity index (χ4n) is 5.02. The van der Waals surface area contributed by atoms with Gasteiger partial charge in [0.1, 0.15) is 10.0 Å². The molecule has 2 aromatic heterocycles. The minimum Gasteiger partial charge on any atom is -0.399 e. The maximum Gasteiger partial charge on any atom is 0.271 e. The molecule has 2 heterocycles. The number of amides is 2. The van der Waals surface area contributed by atoms with E-state index in [-0.39, 0.29) is 45.3 Å². The smallest absolute Gasteiger partial charge is 0.271 e. The quantitative estimate of drug-likeness (QED) is 0.0326. The molecule has 0 aliphatic rings. The Bertz CT molecular complexity index is 2490. The Balaban J connectivity index is 0.000000219. The summed E-state index contributed by atoms with van der Waals surface area (Å²) in [5.74, 6) is 0.345. The number of nitrogens with two attached hydrogens (primary N) is 1. The molecule has 0 saturated carbocycles. The van der Waals surface area contributed by atoms with E-state index in [1.54, 1.807) is 88.6 Å². The maximum absolute atomic E-state index is 12.1. The number of nitrogens with one attached hydrogen (secondary N) is 5. The van der Waals surface area contributed by atoms with E-state index in [4.69, 9.17) is 40.5 Å². The van der Waals surface area contributed by atoms with Crippen molar-refractivity contribution in [2.75, 3.05) is 35.8 Å². The molecular weight excluding hydrogens is 827 g/mol. The zero-order chi connectivity index (χ0) is 43.2. The first kappa shape index (κ1) is 44.6. The Morgan fingerprint density at radius 2 is 1.12 bits per heavy atom. The van der Waals surface area contributed by atoms with Gasteiger partial charge in [-0.3, -0.25) is 29.8 Å². The van der Waals surface area contributed by atoms with Crippen LogP contribution in [0.4, 0.5) is 51.7 Å². The fourth-order valence-corrected chi connectivity index (χ4v) is 5.43. The number of hydrogen-bond donors (Lipinski definition) is 6. The molecule has 4 aromatic carbocycles. The second-order valence-electron chi connectivity index (χ2n) is 12.0. The van der Waals surface area contributed by atoms with Crippen LogP contribution < -0.4 is 32.3 Å². The van der Waals surface area contributed by atoms with Gasteiger partial charge >= 0.3 is 0 Å². The highest BCUT2D eigenvalue weighted by molar-refractivity contribution is 6.34. The molecule has 0 spiro atoms. The molecular formula is C38H35Cl3N12O6. The highest BCUT2D eigenvalue weighted by Gasteiger charge is 2.15. The summed E-state index contributed by atoms with van der Waals surface area (Å²) in [4.78, 5) is 60.3. The minimum absolute atomic E-state index is 0.0423. The van der Waals surface area contributed by atoms with Crippen molar-refractivity contribution in [3.63, 3.8) is 0 Å². The van der Waals surface area contributed by atoms with Gasteiger partial charge in [0.15, 0.2) is 11.6 Å². The first-order chi connectivity index (χ1) is 28.1. The zero-order valence-corrected chi connectivity index (χ0v) is 33.8. The second kappa shape index (κ2) is 20.8. The first-order valence-electron chi connectivity index (χ1n) is 17.0. The van der Waals surface area contributed by atoms with E-state index < -0.39 is 9.85 Å². The van der Waals surface area contributed by atoms with Crippen LogP contribution in [0.5, 0.6) is 0 Å². The summed E-state index contributed by atoms with van der Waals surface area (Å²) < 4.78 is 0. The molecule has 304 valence electrons. The fraction of sp³-hybridized carbons (Fsp3) is 0.105. The van der Waals surface area contributed by atoms with E-state index in [2.05, 4.69) is 46.5 Å². The summed E-state index contributed by atoms with van der Waals surface area (Å²) in [5, 5.41) is 36.0. The number of rotatable bonds is 10. The Morgan fingerprint density at radius 1 is 0.644 bits per heavy atom.